The van der Waals surface area contributed by atoms with Crippen molar-refractivity contribution >= 4 is 11.6 Å². The molecule has 0 saturated carbocycles. The third kappa shape index (κ3) is 6.40. The lowest BCUT2D eigenvalue weighted by Crippen LogP contribution is -2.30. The summed E-state index contributed by atoms with van der Waals surface area (Å²) >= 11 is 0. The first kappa shape index (κ1) is 21.0. The van der Waals surface area contributed by atoms with Crippen molar-refractivity contribution in [3.8, 4) is 0 Å². The zero-order valence-electron chi connectivity index (χ0n) is 16.0. The molecule has 0 radical (unpaired) electrons. The Morgan fingerprint density at radius 1 is 1.00 bits per heavy atom. The first-order valence-electron chi connectivity index (χ1n) is 8.70. The molecule has 3 nitrogen and oxygen atoms in total. The Morgan fingerprint density at radius 3 is 2.19 bits per heavy atom. The molecule has 0 aliphatic heterocycles. The highest BCUT2D eigenvalue weighted by Gasteiger charge is 2.30. The van der Waals surface area contributed by atoms with Crippen LogP contribution in [0.25, 0.3) is 0 Å². The Balaban J connectivity index is 1.92. The van der Waals surface area contributed by atoms with Crippen molar-refractivity contribution in [2.45, 2.75) is 38.9 Å². The lowest BCUT2D eigenvalue weighted by Gasteiger charge is -2.20. The van der Waals surface area contributed by atoms with Gasteiger partial charge in [0, 0.05) is 12.2 Å². The molecule has 146 valence electrons. The van der Waals surface area contributed by atoms with Crippen LogP contribution in [0.3, 0.4) is 0 Å². The second-order valence-corrected chi connectivity index (χ2v) is 7.75. The Labute approximate surface area is 158 Å². The minimum atomic E-state index is -4.43. The maximum absolute atomic E-state index is 12.7. The molecule has 1 N–H and O–H groups in total. The van der Waals surface area contributed by atoms with Crippen molar-refractivity contribution in [3.05, 3.63) is 65.2 Å². The maximum atomic E-state index is 12.7. The van der Waals surface area contributed by atoms with Crippen molar-refractivity contribution in [1.29, 1.82) is 0 Å². The van der Waals surface area contributed by atoms with Crippen LogP contribution in [0.2, 0.25) is 0 Å². The second kappa shape index (κ2) is 8.13. The van der Waals surface area contributed by atoms with Crippen LogP contribution < -0.4 is 5.32 Å². The zero-order valence-corrected chi connectivity index (χ0v) is 16.0. The van der Waals surface area contributed by atoms with Gasteiger partial charge in [-0.25, -0.2) is 0 Å². The number of amides is 1. The molecule has 0 atom stereocenters. The average Bonchev–Trinajstić information content (AvgIpc) is 2.53. The van der Waals surface area contributed by atoms with Crippen molar-refractivity contribution in [1.82, 2.24) is 4.90 Å². The summed E-state index contributed by atoms with van der Waals surface area (Å²) in [6, 6.07) is 12.8. The Bertz CT molecular complexity index is 777. The van der Waals surface area contributed by atoms with E-state index in [4.69, 9.17) is 0 Å². The summed E-state index contributed by atoms with van der Waals surface area (Å²) in [7, 11) is 1.80. The van der Waals surface area contributed by atoms with Crippen molar-refractivity contribution in [3.63, 3.8) is 0 Å². The Hall–Kier alpha value is -2.34. The molecule has 0 unspecified atom stereocenters. The van der Waals surface area contributed by atoms with E-state index >= 15 is 0 Å². The third-order valence-corrected chi connectivity index (χ3v) is 4.16. The molecule has 2 aromatic rings. The van der Waals surface area contributed by atoms with Gasteiger partial charge < -0.3 is 5.32 Å². The van der Waals surface area contributed by atoms with Crippen LogP contribution in [-0.2, 0) is 22.9 Å². The molecular formula is C21H25F3N2O. The van der Waals surface area contributed by atoms with Crippen molar-refractivity contribution < 1.29 is 18.0 Å². The average molecular weight is 378 g/mol. The maximum Gasteiger partial charge on any atom is 0.416 e. The molecule has 2 aromatic carbocycles. The number of anilines is 1. The number of nitrogens with zero attached hydrogens (tertiary/aromatic N) is 1. The van der Waals surface area contributed by atoms with Gasteiger partial charge in [0.05, 0.1) is 12.1 Å². The number of hydrogen-bond donors (Lipinski definition) is 1. The van der Waals surface area contributed by atoms with Gasteiger partial charge in [0.15, 0.2) is 0 Å². The smallest absolute Gasteiger partial charge is 0.325 e. The van der Waals surface area contributed by atoms with Crippen LogP contribution in [-0.4, -0.2) is 24.4 Å². The standard InChI is InChI=1S/C21H25F3N2O/c1-20(2,3)16-10-8-15(9-11-16)13-26(4)14-19(27)25-18-7-5-6-17(12-18)21(22,23)24/h5-12H,13-14H2,1-4H3,(H,25,27). The molecule has 0 spiro atoms. The summed E-state index contributed by atoms with van der Waals surface area (Å²) in [5.74, 6) is -0.358. The molecule has 0 bridgehead atoms. The highest BCUT2D eigenvalue weighted by molar-refractivity contribution is 5.92. The minimum Gasteiger partial charge on any atom is -0.325 e. The molecule has 27 heavy (non-hydrogen) atoms. The number of rotatable bonds is 5. The predicted molar refractivity (Wildman–Crippen MR) is 102 cm³/mol. The fourth-order valence-corrected chi connectivity index (χ4v) is 2.70. The third-order valence-electron chi connectivity index (χ3n) is 4.16. The first-order chi connectivity index (χ1) is 12.4. The summed E-state index contributed by atoms with van der Waals surface area (Å²) in [5, 5.41) is 2.52. The first-order valence-corrected chi connectivity index (χ1v) is 8.70. The number of benzene rings is 2. The molecule has 0 aromatic heterocycles. The topological polar surface area (TPSA) is 32.3 Å². The van der Waals surface area contributed by atoms with Crippen molar-refractivity contribution in [2.75, 3.05) is 18.9 Å². The Morgan fingerprint density at radius 2 is 1.63 bits per heavy atom. The molecule has 0 aliphatic carbocycles. The van der Waals surface area contributed by atoms with Crippen LogP contribution >= 0.6 is 0 Å². The number of carbonyl (C=O) groups excluding carboxylic acids is 1. The number of halogens is 3. The fraction of sp³-hybridized carbons (Fsp3) is 0.381. The quantitative estimate of drug-likeness (QED) is 0.788. The van der Waals surface area contributed by atoms with E-state index < -0.39 is 11.7 Å². The summed E-state index contributed by atoms with van der Waals surface area (Å²) in [6.45, 7) is 7.09. The van der Waals surface area contributed by atoms with Crippen LogP contribution in [0.1, 0.15) is 37.5 Å². The Kier molecular flexibility index (Phi) is 6.31. The minimum absolute atomic E-state index is 0.0786. The van der Waals surface area contributed by atoms with E-state index in [1.807, 2.05) is 17.0 Å². The molecule has 2 rings (SSSR count). The molecule has 0 fully saturated rings. The lowest BCUT2D eigenvalue weighted by molar-refractivity contribution is -0.137. The second-order valence-electron chi connectivity index (χ2n) is 7.75. The van der Waals surface area contributed by atoms with Crippen LogP contribution in [0.15, 0.2) is 48.5 Å². The van der Waals surface area contributed by atoms with Crippen LogP contribution in [0.4, 0.5) is 18.9 Å². The van der Waals surface area contributed by atoms with E-state index in [0.717, 1.165) is 17.7 Å². The van der Waals surface area contributed by atoms with Crippen molar-refractivity contribution in [2.24, 2.45) is 0 Å². The molecule has 0 heterocycles. The molecule has 6 heteroatoms. The van der Waals surface area contributed by atoms with Gasteiger partial charge >= 0.3 is 6.18 Å². The fourth-order valence-electron chi connectivity index (χ4n) is 2.70. The van der Waals surface area contributed by atoms with E-state index in [0.29, 0.717) is 6.54 Å². The summed E-state index contributed by atoms with van der Waals surface area (Å²) in [4.78, 5) is 13.9. The molecule has 0 saturated heterocycles. The number of likely N-dealkylation sites (N-methyl/N-ethyl adjacent to an activating group) is 1. The highest BCUT2D eigenvalue weighted by atomic mass is 19.4. The summed E-state index contributed by atoms with van der Waals surface area (Å²) < 4.78 is 38.2. The summed E-state index contributed by atoms with van der Waals surface area (Å²) in [6.07, 6.45) is -4.43. The normalized spacial score (nSPS) is 12.3. The number of nitrogens with one attached hydrogen (secondary N) is 1. The van der Waals surface area contributed by atoms with E-state index in [9.17, 15) is 18.0 Å². The van der Waals surface area contributed by atoms with Gasteiger partial charge in [-0.1, -0.05) is 51.1 Å². The predicted octanol–water partition coefficient (Wildman–Crippen LogP) is 5.07. The van der Waals surface area contributed by atoms with Gasteiger partial charge in [0.1, 0.15) is 0 Å². The SMILES string of the molecule is CN(CC(=O)Nc1cccc(C(F)(F)F)c1)Cc1ccc(C(C)(C)C)cc1. The molecule has 0 aliphatic rings. The van der Waals surface area contributed by atoms with Gasteiger partial charge in [0.25, 0.3) is 0 Å². The van der Waals surface area contributed by atoms with E-state index in [-0.39, 0.29) is 23.6 Å². The van der Waals surface area contributed by atoms with E-state index in [1.54, 1.807) is 7.05 Å². The lowest BCUT2D eigenvalue weighted by atomic mass is 9.87. The van der Waals surface area contributed by atoms with Gasteiger partial charge in [0.2, 0.25) is 5.91 Å². The number of carbonyl (C=O) groups is 1. The molecule has 1 amide bonds. The highest BCUT2D eigenvalue weighted by Crippen LogP contribution is 2.30. The van der Waals surface area contributed by atoms with Gasteiger partial charge in [-0.15, -0.1) is 0 Å². The van der Waals surface area contributed by atoms with Gasteiger partial charge in [-0.3, -0.25) is 9.69 Å². The van der Waals surface area contributed by atoms with Gasteiger partial charge in [-0.2, -0.15) is 13.2 Å². The van der Waals surface area contributed by atoms with E-state index in [2.05, 4.69) is 38.2 Å². The molecular weight excluding hydrogens is 353 g/mol. The summed E-state index contributed by atoms with van der Waals surface area (Å²) in [5.41, 5.74) is 1.73. The number of alkyl halides is 3. The van der Waals surface area contributed by atoms with Crippen LogP contribution in [0, 0.1) is 0 Å². The number of hydrogen-bond acceptors (Lipinski definition) is 2. The van der Waals surface area contributed by atoms with Crippen LogP contribution in [0.5, 0.6) is 0 Å². The van der Waals surface area contributed by atoms with Gasteiger partial charge in [-0.05, 0) is 41.8 Å². The monoisotopic (exact) mass is 378 g/mol. The largest absolute Gasteiger partial charge is 0.416 e. The van der Waals surface area contributed by atoms with E-state index in [1.165, 1.54) is 17.7 Å². The zero-order chi connectivity index (χ0) is 20.2.